The molecule has 0 aliphatic rings. The Bertz CT molecular complexity index is 173. The van der Waals surface area contributed by atoms with E-state index in [-0.39, 0.29) is 5.70 Å². The number of carbonyl (C=O) groups excluding carboxylic acids is 1. The van der Waals surface area contributed by atoms with Crippen LogP contribution in [0.1, 0.15) is 27.2 Å². The third-order valence-electron chi connectivity index (χ3n) is 1.48. The second-order valence-corrected chi connectivity index (χ2v) is 3.03. The number of esters is 1. The lowest BCUT2D eigenvalue weighted by Gasteiger charge is -2.22. The Labute approximate surface area is 67.2 Å². The van der Waals surface area contributed by atoms with Gasteiger partial charge in [-0.1, -0.05) is 13.5 Å². The standard InChI is InChI=1S/C8H15NO2/c1-5-8(3,4)11-7(10)6(2)9/h2,5,9H2,1,3-4H3. The first-order valence-corrected chi connectivity index (χ1v) is 3.57. The van der Waals surface area contributed by atoms with Gasteiger partial charge in [0.05, 0.1) is 0 Å². The van der Waals surface area contributed by atoms with Crippen LogP contribution in [0, 0.1) is 0 Å². The summed E-state index contributed by atoms with van der Waals surface area (Å²) in [6.07, 6.45) is 0.756. The Balaban J connectivity index is 4.04. The Morgan fingerprint density at radius 3 is 2.36 bits per heavy atom. The minimum absolute atomic E-state index is 0.0495. The van der Waals surface area contributed by atoms with Gasteiger partial charge in [0.1, 0.15) is 11.3 Å². The van der Waals surface area contributed by atoms with E-state index in [1.165, 1.54) is 0 Å². The van der Waals surface area contributed by atoms with Crippen LogP contribution in [0.15, 0.2) is 12.3 Å². The summed E-state index contributed by atoms with van der Waals surface area (Å²) in [5, 5.41) is 0. The fraction of sp³-hybridized carbons (Fsp3) is 0.625. The molecule has 0 rings (SSSR count). The quantitative estimate of drug-likeness (QED) is 0.494. The highest BCUT2D eigenvalue weighted by Gasteiger charge is 2.20. The van der Waals surface area contributed by atoms with Crippen LogP contribution in [0.4, 0.5) is 0 Å². The van der Waals surface area contributed by atoms with Crippen LogP contribution in [-0.4, -0.2) is 11.6 Å². The maximum atomic E-state index is 10.9. The topological polar surface area (TPSA) is 52.3 Å². The van der Waals surface area contributed by atoms with E-state index in [9.17, 15) is 4.79 Å². The molecule has 0 saturated heterocycles. The fourth-order valence-corrected chi connectivity index (χ4v) is 0.389. The van der Waals surface area contributed by atoms with E-state index in [0.717, 1.165) is 6.42 Å². The monoisotopic (exact) mass is 157 g/mol. The summed E-state index contributed by atoms with van der Waals surface area (Å²) in [6.45, 7) is 8.87. The molecule has 2 N–H and O–H groups in total. The summed E-state index contributed by atoms with van der Waals surface area (Å²) in [5.41, 5.74) is 4.63. The number of hydrogen-bond acceptors (Lipinski definition) is 3. The molecule has 64 valence electrons. The maximum Gasteiger partial charge on any atom is 0.354 e. The van der Waals surface area contributed by atoms with Gasteiger partial charge in [-0.25, -0.2) is 4.79 Å². The third-order valence-corrected chi connectivity index (χ3v) is 1.48. The van der Waals surface area contributed by atoms with Crippen molar-refractivity contribution in [3.63, 3.8) is 0 Å². The zero-order valence-corrected chi connectivity index (χ0v) is 7.31. The minimum atomic E-state index is -0.531. The summed E-state index contributed by atoms with van der Waals surface area (Å²) in [6, 6.07) is 0. The second-order valence-electron chi connectivity index (χ2n) is 3.03. The van der Waals surface area contributed by atoms with Gasteiger partial charge >= 0.3 is 5.97 Å². The normalized spacial score (nSPS) is 10.8. The molecule has 0 aliphatic heterocycles. The van der Waals surface area contributed by atoms with Gasteiger partial charge in [0.15, 0.2) is 0 Å². The number of nitrogens with two attached hydrogens (primary N) is 1. The van der Waals surface area contributed by atoms with Crippen molar-refractivity contribution in [1.29, 1.82) is 0 Å². The van der Waals surface area contributed by atoms with Crippen LogP contribution in [-0.2, 0) is 9.53 Å². The summed E-state index contributed by atoms with van der Waals surface area (Å²) in [7, 11) is 0. The van der Waals surface area contributed by atoms with Gasteiger partial charge in [-0.3, -0.25) is 0 Å². The van der Waals surface area contributed by atoms with Crippen molar-refractivity contribution in [3.8, 4) is 0 Å². The first-order chi connectivity index (χ1) is 4.89. The molecule has 0 aliphatic carbocycles. The van der Waals surface area contributed by atoms with Crippen molar-refractivity contribution in [3.05, 3.63) is 12.3 Å². The lowest BCUT2D eigenvalue weighted by molar-refractivity contribution is -0.151. The van der Waals surface area contributed by atoms with E-state index in [1.54, 1.807) is 0 Å². The Kier molecular flexibility index (Phi) is 3.11. The van der Waals surface area contributed by atoms with Crippen LogP contribution >= 0.6 is 0 Å². The smallest absolute Gasteiger partial charge is 0.354 e. The molecule has 11 heavy (non-hydrogen) atoms. The average molecular weight is 157 g/mol. The highest BCUT2D eigenvalue weighted by molar-refractivity contribution is 5.86. The van der Waals surface area contributed by atoms with Crippen molar-refractivity contribution < 1.29 is 9.53 Å². The van der Waals surface area contributed by atoms with Crippen LogP contribution in [0.3, 0.4) is 0 Å². The molecule has 0 spiro atoms. The van der Waals surface area contributed by atoms with E-state index in [1.807, 2.05) is 20.8 Å². The van der Waals surface area contributed by atoms with Crippen LogP contribution in [0.5, 0.6) is 0 Å². The Hall–Kier alpha value is -0.990. The third kappa shape index (κ3) is 3.65. The van der Waals surface area contributed by atoms with E-state index < -0.39 is 11.6 Å². The molecular weight excluding hydrogens is 142 g/mol. The second kappa shape index (κ2) is 3.42. The lowest BCUT2D eigenvalue weighted by Crippen LogP contribution is -2.29. The van der Waals surface area contributed by atoms with Crippen molar-refractivity contribution in [1.82, 2.24) is 0 Å². The number of carbonyl (C=O) groups is 1. The first-order valence-electron chi connectivity index (χ1n) is 3.57. The summed E-state index contributed by atoms with van der Waals surface area (Å²) in [5.74, 6) is -0.531. The molecule has 0 aromatic rings. The van der Waals surface area contributed by atoms with E-state index in [2.05, 4.69) is 6.58 Å². The molecule has 0 saturated carbocycles. The van der Waals surface area contributed by atoms with Gasteiger partial charge in [0.25, 0.3) is 0 Å². The zero-order chi connectivity index (χ0) is 9.07. The van der Waals surface area contributed by atoms with Gasteiger partial charge in [-0.05, 0) is 20.3 Å². The Morgan fingerprint density at radius 2 is 2.09 bits per heavy atom. The van der Waals surface area contributed by atoms with Gasteiger partial charge in [-0.2, -0.15) is 0 Å². The zero-order valence-electron chi connectivity index (χ0n) is 7.31. The molecule has 0 radical (unpaired) electrons. The van der Waals surface area contributed by atoms with E-state index in [4.69, 9.17) is 10.5 Å². The van der Waals surface area contributed by atoms with Crippen LogP contribution in [0.25, 0.3) is 0 Å². The number of rotatable bonds is 3. The predicted octanol–water partition coefficient (Wildman–Crippen LogP) is 1.19. The molecule has 0 aromatic heterocycles. The summed E-state index contributed by atoms with van der Waals surface area (Å²) >= 11 is 0. The van der Waals surface area contributed by atoms with E-state index in [0.29, 0.717) is 0 Å². The van der Waals surface area contributed by atoms with Gasteiger partial charge in [0.2, 0.25) is 0 Å². The molecule has 0 atom stereocenters. The van der Waals surface area contributed by atoms with E-state index >= 15 is 0 Å². The molecule has 0 heterocycles. The van der Waals surface area contributed by atoms with Crippen molar-refractivity contribution in [2.75, 3.05) is 0 Å². The van der Waals surface area contributed by atoms with Gasteiger partial charge in [0, 0.05) is 0 Å². The van der Waals surface area contributed by atoms with Crippen LogP contribution < -0.4 is 5.73 Å². The molecule has 0 aromatic carbocycles. The highest BCUT2D eigenvalue weighted by Crippen LogP contribution is 2.14. The summed E-state index contributed by atoms with van der Waals surface area (Å²) < 4.78 is 4.98. The first kappa shape index (κ1) is 10.0. The molecular formula is C8H15NO2. The van der Waals surface area contributed by atoms with Crippen molar-refractivity contribution in [2.24, 2.45) is 5.73 Å². The molecule has 3 nitrogen and oxygen atoms in total. The van der Waals surface area contributed by atoms with Gasteiger partial charge < -0.3 is 10.5 Å². The molecule has 0 fully saturated rings. The largest absolute Gasteiger partial charge is 0.455 e. The predicted molar refractivity (Wildman–Crippen MR) is 43.8 cm³/mol. The molecule has 0 bridgehead atoms. The highest BCUT2D eigenvalue weighted by atomic mass is 16.6. The Morgan fingerprint density at radius 1 is 1.64 bits per heavy atom. The van der Waals surface area contributed by atoms with Crippen molar-refractivity contribution >= 4 is 5.97 Å². The summed E-state index contributed by atoms with van der Waals surface area (Å²) in [4.78, 5) is 10.9. The molecule has 3 heteroatoms. The molecule has 0 amide bonds. The lowest BCUT2D eigenvalue weighted by atomic mass is 10.1. The number of ether oxygens (including phenoxy) is 1. The average Bonchev–Trinajstić information content (AvgIpc) is 1.87. The van der Waals surface area contributed by atoms with Gasteiger partial charge in [-0.15, -0.1) is 0 Å². The number of hydrogen-bond donors (Lipinski definition) is 1. The maximum absolute atomic E-state index is 10.9. The minimum Gasteiger partial charge on any atom is -0.455 e. The molecule has 0 unspecified atom stereocenters. The van der Waals surface area contributed by atoms with Crippen molar-refractivity contribution in [2.45, 2.75) is 32.8 Å². The fourth-order valence-electron chi connectivity index (χ4n) is 0.389. The van der Waals surface area contributed by atoms with Crippen LogP contribution in [0.2, 0.25) is 0 Å². The SMILES string of the molecule is C=C(N)C(=O)OC(C)(C)CC.